The van der Waals surface area contributed by atoms with E-state index >= 15 is 0 Å². The molecule has 0 unspecified atom stereocenters. The van der Waals surface area contributed by atoms with Crippen molar-refractivity contribution in [3.05, 3.63) is 57.4 Å². The molecule has 1 aliphatic heterocycles. The summed E-state index contributed by atoms with van der Waals surface area (Å²) in [5, 5.41) is 2.05. The summed E-state index contributed by atoms with van der Waals surface area (Å²) < 4.78 is 13.4. The number of fused-ring (bicyclic) bond motifs is 1. The number of hydrogen-bond donors (Lipinski definition) is 1. The highest BCUT2D eigenvalue weighted by Gasteiger charge is 2.24. The number of nitrogens with zero attached hydrogens (tertiary/aromatic N) is 2. The van der Waals surface area contributed by atoms with Gasteiger partial charge in [-0.2, -0.15) is 0 Å². The van der Waals surface area contributed by atoms with Gasteiger partial charge in [-0.25, -0.2) is 9.37 Å². The molecule has 0 atom stereocenters. The van der Waals surface area contributed by atoms with Gasteiger partial charge >= 0.3 is 0 Å². The summed E-state index contributed by atoms with van der Waals surface area (Å²) in [4.78, 5) is 23.4. The van der Waals surface area contributed by atoms with Gasteiger partial charge in [0.25, 0.3) is 5.91 Å². The van der Waals surface area contributed by atoms with E-state index in [1.54, 1.807) is 0 Å². The van der Waals surface area contributed by atoms with Crippen molar-refractivity contribution in [2.45, 2.75) is 33.6 Å². The maximum atomic E-state index is 13.4. The lowest BCUT2D eigenvalue weighted by Gasteiger charge is -2.26. The third-order valence-electron chi connectivity index (χ3n) is 5.10. The average molecular weight is 398 g/mol. The number of halogens is 1. The molecule has 0 aliphatic carbocycles. The van der Waals surface area contributed by atoms with Gasteiger partial charge in [0, 0.05) is 42.2 Å². The summed E-state index contributed by atoms with van der Waals surface area (Å²) in [5.74, 6) is 0.354. The van der Waals surface area contributed by atoms with Gasteiger partial charge in [0.15, 0.2) is 0 Å². The highest BCUT2D eigenvalue weighted by Crippen LogP contribution is 2.31. The normalized spacial score (nSPS) is 14.8. The van der Waals surface area contributed by atoms with Gasteiger partial charge in [0.1, 0.15) is 10.7 Å². The molecule has 1 amide bonds. The number of hydrogen-bond acceptors (Lipinski definition) is 3. The molecule has 4 nitrogen and oxygen atoms in total. The van der Waals surface area contributed by atoms with Crippen LogP contribution < -0.4 is 0 Å². The van der Waals surface area contributed by atoms with Gasteiger partial charge in [-0.3, -0.25) is 4.79 Å². The molecule has 0 spiro atoms. The van der Waals surface area contributed by atoms with Crippen LogP contribution in [0.4, 0.5) is 4.39 Å². The van der Waals surface area contributed by atoms with Crippen molar-refractivity contribution in [1.29, 1.82) is 0 Å². The van der Waals surface area contributed by atoms with Crippen LogP contribution in [0.15, 0.2) is 30.5 Å². The summed E-state index contributed by atoms with van der Waals surface area (Å²) in [7, 11) is 0. The molecule has 0 saturated carbocycles. The van der Waals surface area contributed by atoms with Crippen LogP contribution in [0.25, 0.3) is 16.5 Å². The van der Waals surface area contributed by atoms with Gasteiger partial charge in [0.05, 0.1) is 10.7 Å². The summed E-state index contributed by atoms with van der Waals surface area (Å²) in [5.41, 5.74) is 3.92. The van der Waals surface area contributed by atoms with Crippen molar-refractivity contribution in [2.24, 2.45) is 5.92 Å². The molecule has 146 valence electrons. The Morgan fingerprint density at radius 2 is 2.21 bits per heavy atom. The first-order valence-corrected chi connectivity index (χ1v) is 10.5. The number of aryl methyl sites for hydroxylation is 1. The van der Waals surface area contributed by atoms with E-state index in [1.807, 2.05) is 24.1 Å². The van der Waals surface area contributed by atoms with E-state index in [0.29, 0.717) is 19.0 Å². The van der Waals surface area contributed by atoms with E-state index < -0.39 is 0 Å². The zero-order chi connectivity index (χ0) is 19.8. The molecule has 1 aromatic carbocycles. The first-order chi connectivity index (χ1) is 13.4. The fourth-order valence-corrected chi connectivity index (χ4v) is 4.94. The SMILES string of the molecule is Cc1nc(CC(C)C)sc1C(=O)N1CC=C(c2c[nH]c3cc(F)ccc23)CC1. The smallest absolute Gasteiger partial charge is 0.266 e. The van der Waals surface area contributed by atoms with E-state index in [9.17, 15) is 9.18 Å². The van der Waals surface area contributed by atoms with Crippen molar-refractivity contribution in [1.82, 2.24) is 14.9 Å². The molecule has 0 radical (unpaired) electrons. The Labute approximate surface area is 168 Å². The van der Waals surface area contributed by atoms with Gasteiger partial charge in [-0.1, -0.05) is 19.9 Å². The maximum absolute atomic E-state index is 13.4. The minimum Gasteiger partial charge on any atom is -0.360 e. The van der Waals surface area contributed by atoms with E-state index in [2.05, 4.69) is 29.9 Å². The lowest BCUT2D eigenvalue weighted by molar-refractivity contribution is 0.0777. The number of aromatic amines is 1. The Kier molecular flexibility index (Phi) is 5.06. The minimum atomic E-state index is -0.243. The Morgan fingerprint density at radius 3 is 2.93 bits per heavy atom. The van der Waals surface area contributed by atoms with Crippen LogP contribution in [0.2, 0.25) is 0 Å². The minimum absolute atomic E-state index is 0.0707. The van der Waals surface area contributed by atoms with Gasteiger partial charge in [-0.15, -0.1) is 11.3 Å². The molecule has 4 rings (SSSR count). The Hall–Kier alpha value is -2.47. The number of carbonyl (C=O) groups excluding carboxylic acids is 1. The number of H-pyrrole nitrogens is 1. The number of rotatable bonds is 4. The van der Waals surface area contributed by atoms with Crippen LogP contribution in [0.1, 0.15) is 46.2 Å². The number of aromatic nitrogens is 2. The van der Waals surface area contributed by atoms with Crippen LogP contribution in [0.5, 0.6) is 0 Å². The van der Waals surface area contributed by atoms with Crippen molar-refractivity contribution in [3.63, 3.8) is 0 Å². The molecule has 0 fully saturated rings. The molecule has 1 N–H and O–H groups in total. The molecule has 1 aliphatic rings. The third kappa shape index (κ3) is 3.61. The predicted molar refractivity (Wildman–Crippen MR) is 112 cm³/mol. The maximum Gasteiger partial charge on any atom is 0.266 e. The summed E-state index contributed by atoms with van der Waals surface area (Å²) in [6, 6.07) is 4.81. The van der Waals surface area contributed by atoms with Crippen LogP contribution in [0.3, 0.4) is 0 Å². The Bertz CT molecular complexity index is 1060. The average Bonchev–Trinajstić information content (AvgIpc) is 3.23. The van der Waals surface area contributed by atoms with Crippen LogP contribution in [-0.2, 0) is 6.42 Å². The molecule has 6 heteroatoms. The zero-order valence-corrected chi connectivity index (χ0v) is 17.2. The van der Waals surface area contributed by atoms with Gasteiger partial charge in [0.2, 0.25) is 0 Å². The summed E-state index contributed by atoms with van der Waals surface area (Å²) in [6.07, 6.45) is 5.73. The molecule has 28 heavy (non-hydrogen) atoms. The van der Waals surface area contributed by atoms with Crippen LogP contribution in [0, 0.1) is 18.7 Å². The second-order valence-corrected chi connectivity index (χ2v) is 8.83. The first-order valence-electron chi connectivity index (χ1n) is 9.64. The summed E-state index contributed by atoms with van der Waals surface area (Å²) >= 11 is 1.53. The lowest BCUT2D eigenvalue weighted by Crippen LogP contribution is -2.34. The zero-order valence-electron chi connectivity index (χ0n) is 16.4. The molecule has 3 heterocycles. The molecular formula is C22H24FN3OS. The van der Waals surface area contributed by atoms with Gasteiger partial charge in [-0.05, 0) is 43.0 Å². The molecule has 0 bridgehead atoms. The van der Waals surface area contributed by atoms with Crippen molar-refractivity contribution in [2.75, 3.05) is 13.1 Å². The standard InChI is InChI=1S/C22H24FN3OS/c1-13(2)10-20-25-14(3)21(28-20)22(27)26-8-6-15(7-9-26)18-12-24-19-11-16(23)4-5-17(18)19/h4-6,11-13,24H,7-10H2,1-3H3. The van der Waals surface area contributed by atoms with Crippen LogP contribution >= 0.6 is 11.3 Å². The van der Waals surface area contributed by atoms with Gasteiger partial charge < -0.3 is 9.88 Å². The Morgan fingerprint density at radius 1 is 1.39 bits per heavy atom. The quantitative estimate of drug-likeness (QED) is 0.658. The van der Waals surface area contributed by atoms with Crippen molar-refractivity contribution >= 4 is 33.7 Å². The molecule has 0 saturated heterocycles. The van der Waals surface area contributed by atoms with Crippen molar-refractivity contribution in [3.8, 4) is 0 Å². The van der Waals surface area contributed by atoms with E-state index in [1.165, 1.54) is 29.0 Å². The highest BCUT2D eigenvalue weighted by molar-refractivity contribution is 7.13. The number of amides is 1. The third-order valence-corrected chi connectivity index (χ3v) is 6.27. The second-order valence-electron chi connectivity index (χ2n) is 7.74. The Balaban J connectivity index is 1.52. The largest absolute Gasteiger partial charge is 0.360 e. The second kappa shape index (κ2) is 7.51. The monoisotopic (exact) mass is 397 g/mol. The van der Waals surface area contributed by atoms with Crippen molar-refractivity contribution < 1.29 is 9.18 Å². The molecule has 2 aromatic heterocycles. The fourth-order valence-electron chi connectivity index (χ4n) is 3.69. The fraction of sp³-hybridized carbons (Fsp3) is 0.364. The number of benzene rings is 1. The number of nitrogens with one attached hydrogen (secondary N) is 1. The molecule has 3 aromatic rings. The van der Waals surface area contributed by atoms with Crippen LogP contribution in [-0.4, -0.2) is 33.9 Å². The van der Waals surface area contributed by atoms with E-state index in [-0.39, 0.29) is 11.7 Å². The molecular weight excluding hydrogens is 373 g/mol. The van der Waals surface area contributed by atoms with E-state index in [4.69, 9.17) is 0 Å². The highest BCUT2D eigenvalue weighted by atomic mass is 32.1. The number of carbonyl (C=O) groups is 1. The topological polar surface area (TPSA) is 49.0 Å². The summed E-state index contributed by atoms with van der Waals surface area (Å²) in [6.45, 7) is 7.50. The van der Waals surface area contributed by atoms with E-state index in [0.717, 1.165) is 44.9 Å². The predicted octanol–water partition coefficient (Wildman–Crippen LogP) is 5.20. The lowest BCUT2D eigenvalue weighted by atomic mass is 9.99. The first kappa shape index (κ1) is 18.9. The number of thiazole rings is 1.